The van der Waals surface area contributed by atoms with Gasteiger partial charge in [-0.15, -0.1) is 0 Å². The Bertz CT molecular complexity index is 1210. The molecule has 0 bridgehead atoms. The highest BCUT2D eigenvalue weighted by atomic mass is 32.2. The summed E-state index contributed by atoms with van der Waals surface area (Å²) in [5.41, 5.74) is 1.63. The third-order valence-electron chi connectivity index (χ3n) is 4.02. The van der Waals surface area contributed by atoms with Gasteiger partial charge in [-0.1, -0.05) is 6.07 Å². The molecule has 0 amide bonds. The van der Waals surface area contributed by atoms with Gasteiger partial charge in [-0.3, -0.25) is 4.98 Å². The number of rotatable bonds is 7. The van der Waals surface area contributed by atoms with E-state index < -0.39 is 19.9 Å². The molecule has 0 aliphatic heterocycles. The van der Waals surface area contributed by atoms with Crippen molar-refractivity contribution in [3.05, 3.63) is 66.5 Å². The van der Waals surface area contributed by atoms with Gasteiger partial charge >= 0.3 is 0 Å². The molecule has 1 N–H and O–H groups in total. The number of ether oxygens (including phenoxy) is 1. The highest BCUT2D eigenvalue weighted by molar-refractivity contribution is 7.90. The third-order valence-corrected chi connectivity index (χ3v) is 6.57. The highest BCUT2D eigenvalue weighted by Gasteiger charge is 2.16. The topological polar surface area (TPSA) is 115 Å². The van der Waals surface area contributed by atoms with E-state index in [4.69, 9.17) is 4.74 Å². The SMILES string of the molecule is COc1cc(CNS(=O)(=O)c2ccc(S(C)(=O)=O)cc2)nc(-c2ccccn2)c1. The van der Waals surface area contributed by atoms with Crippen molar-refractivity contribution in [3.8, 4) is 17.1 Å². The molecule has 8 nitrogen and oxygen atoms in total. The van der Waals surface area contributed by atoms with Gasteiger partial charge in [0.1, 0.15) is 5.75 Å². The van der Waals surface area contributed by atoms with Crippen molar-refractivity contribution in [2.24, 2.45) is 0 Å². The molecule has 0 atom stereocenters. The molecule has 1 aromatic carbocycles. The molecule has 0 fully saturated rings. The molecule has 0 radical (unpaired) electrons. The van der Waals surface area contributed by atoms with Crippen molar-refractivity contribution in [1.82, 2.24) is 14.7 Å². The van der Waals surface area contributed by atoms with Gasteiger partial charge in [-0.2, -0.15) is 0 Å². The van der Waals surface area contributed by atoms with E-state index in [9.17, 15) is 16.8 Å². The summed E-state index contributed by atoms with van der Waals surface area (Å²) in [6, 6.07) is 13.7. The van der Waals surface area contributed by atoms with Crippen LogP contribution in [0.3, 0.4) is 0 Å². The van der Waals surface area contributed by atoms with Gasteiger partial charge in [0.05, 0.1) is 40.5 Å². The third kappa shape index (κ3) is 5.17. The molecule has 0 spiro atoms. The average Bonchev–Trinajstić information content (AvgIpc) is 2.72. The molecule has 0 saturated heterocycles. The molecule has 152 valence electrons. The number of hydrogen-bond acceptors (Lipinski definition) is 7. The first kappa shape index (κ1) is 20.9. The van der Waals surface area contributed by atoms with Crippen LogP contribution in [-0.4, -0.2) is 40.2 Å². The lowest BCUT2D eigenvalue weighted by Crippen LogP contribution is -2.24. The lowest BCUT2D eigenvalue weighted by Gasteiger charge is -2.10. The van der Waals surface area contributed by atoms with E-state index in [-0.39, 0.29) is 16.3 Å². The summed E-state index contributed by atoms with van der Waals surface area (Å²) in [7, 11) is -5.75. The van der Waals surface area contributed by atoms with Gasteiger partial charge < -0.3 is 4.74 Å². The lowest BCUT2D eigenvalue weighted by molar-refractivity contribution is 0.413. The maximum absolute atomic E-state index is 12.5. The number of methoxy groups -OCH3 is 1. The Labute approximate surface area is 169 Å². The van der Waals surface area contributed by atoms with E-state index in [0.717, 1.165) is 6.26 Å². The fourth-order valence-corrected chi connectivity index (χ4v) is 4.16. The summed E-state index contributed by atoms with van der Waals surface area (Å²) in [6.07, 6.45) is 2.70. The predicted octanol–water partition coefficient (Wildman–Crippen LogP) is 2.03. The van der Waals surface area contributed by atoms with Crippen molar-refractivity contribution in [2.75, 3.05) is 13.4 Å². The number of aromatic nitrogens is 2. The second kappa shape index (κ2) is 8.27. The number of benzene rings is 1. The molecule has 0 aliphatic rings. The zero-order chi connectivity index (χ0) is 21.1. The van der Waals surface area contributed by atoms with Crippen LogP contribution in [0.4, 0.5) is 0 Å². The first-order valence-corrected chi connectivity index (χ1v) is 11.8. The van der Waals surface area contributed by atoms with Crippen molar-refractivity contribution in [2.45, 2.75) is 16.3 Å². The van der Waals surface area contributed by atoms with Crippen LogP contribution in [0.1, 0.15) is 5.69 Å². The van der Waals surface area contributed by atoms with Crippen molar-refractivity contribution in [1.29, 1.82) is 0 Å². The molecule has 0 aliphatic carbocycles. The van der Waals surface area contributed by atoms with E-state index in [1.807, 2.05) is 6.07 Å². The van der Waals surface area contributed by atoms with Crippen LogP contribution >= 0.6 is 0 Å². The van der Waals surface area contributed by atoms with Crippen molar-refractivity contribution in [3.63, 3.8) is 0 Å². The number of nitrogens with zero attached hydrogens (tertiary/aromatic N) is 2. The van der Waals surface area contributed by atoms with E-state index in [0.29, 0.717) is 22.8 Å². The van der Waals surface area contributed by atoms with Gasteiger partial charge in [0.25, 0.3) is 0 Å². The van der Waals surface area contributed by atoms with Crippen LogP contribution in [0.15, 0.2) is 70.6 Å². The van der Waals surface area contributed by atoms with E-state index in [2.05, 4.69) is 14.7 Å². The molecule has 2 aromatic heterocycles. The number of sulfonamides is 1. The minimum absolute atomic E-state index is 0.0438. The fourth-order valence-electron chi connectivity index (χ4n) is 2.53. The maximum atomic E-state index is 12.5. The zero-order valence-electron chi connectivity index (χ0n) is 15.7. The second-order valence-electron chi connectivity index (χ2n) is 6.17. The van der Waals surface area contributed by atoms with E-state index in [1.165, 1.54) is 31.4 Å². The lowest BCUT2D eigenvalue weighted by atomic mass is 10.2. The quantitative estimate of drug-likeness (QED) is 0.606. The smallest absolute Gasteiger partial charge is 0.240 e. The number of nitrogens with one attached hydrogen (secondary N) is 1. The summed E-state index contributed by atoms with van der Waals surface area (Å²) >= 11 is 0. The molecule has 3 rings (SSSR count). The minimum Gasteiger partial charge on any atom is -0.497 e. The number of hydrogen-bond donors (Lipinski definition) is 1. The Hall–Kier alpha value is -2.82. The molecule has 2 heterocycles. The van der Waals surface area contributed by atoms with Crippen LogP contribution in [0.2, 0.25) is 0 Å². The van der Waals surface area contributed by atoms with Crippen molar-refractivity contribution >= 4 is 19.9 Å². The maximum Gasteiger partial charge on any atom is 0.240 e. The van der Waals surface area contributed by atoms with Gasteiger partial charge in [0.2, 0.25) is 10.0 Å². The van der Waals surface area contributed by atoms with Crippen molar-refractivity contribution < 1.29 is 21.6 Å². The summed E-state index contributed by atoms with van der Waals surface area (Å²) < 4.78 is 55.9. The predicted molar refractivity (Wildman–Crippen MR) is 108 cm³/mol. The highest BCUT2D eigenvalue weighted by Crippen LogP contribution is 2.22. The molecule has 29 heavy (non-hydrogen) atoms. The molecule has 3 aromatic rings. The largest absolute Gasteiger partial charge is 0.497 e. The second-order valence-corrected chi connectivity index (χ2v) is 9.95. The van der Waals surface area contributed by atoms with Gasteiger partial charge in [0.15, 0.2) is 9.84 Å². The Kier molecular flexibility index (Phi) is 5.96. The van der Waals surface area contributed by atoms with Gasteiger partial charge in [0, 0.05) is 24.6 Å². The monoisotopic (exact) mass is 433 g/mol. The molecule has 0 saturated carbocycles. The minimum atomic E-state index is -3.86. The Morgan fingerprint density at radius 3 is 2.21 bits per heavy atom. The summed E-state index contributed by atoms with van der Waals surface area (Å²) in [4.78, 5) is 8.69. The number of pyridine rings is 2. The normalized spacial score (nSPS) is 11.9. The average molecular weight is 434 g/mol. The van der Waals surface area contributed by atoms with Crippen LogP contribution in [-0.2, 0) is 26.4 Å². The van der Waals surface area contributed by atoms with Crippen LogP contribution in [0.5, 0.6) is 5.75 Å². The van der Waals surface area contributed by atoms with Crippen LogP contribution in [0.25, 0.3) is 11.4 Å². The Morgan fingerprint density at radius 1 is 0.931 bits per heavy atom. The molecular formula is C19H19N3O5S2. The van der Waals surface area contributed by atoms with Gasteiger partial charge in [-0.05, 0) is 36.4 Å². The molecule has 0 unspecified atom stereocenters. The van der Waals surface area contributed by atoms with E-state index >= 15 is 0 Å². The zero-order valence-corrected chi connectivity index (χ0v) is 17.4. The Morgan fingerprint density at radius 2 is 1.62 bits per heavy atom. The van der Waals surface area contributed by atoms with Crippen LogP contribution < -0.4 is 9.46 Å². The Balaban J connectivity index is 1.83. The molecular weight excluding hydrogens is 414 g/mol. The fraction of sp³-hybridized carbons (Fsp3) is 0.158. The van der Waals surface area contributed by atoms with E-state index in [1.54, 1.807) is 30.5 Å². The molecule has 10 heteroatoms. The van der Waals surface area contributed by atoms with Gasteiger partial charge in [-0.25, -0.2) is 26.5 Å². The number of sulfone groups is 1. The first-order chi connectivity index (χ1) is 13.7. The van der Waals surface area contributed by atoms with Crippen LogP contribution in [0, 0.1) is 0 Å². The summed E-state index contributed by atoms with van der Waals surface area (Å²) in [5.74, 6) is 0.521. The standard InChI is InChI=1S/C19H19N3O5S2/c1-27-15-11-14(22-19(12-15)18-5-3-4-10-20-18)13-21-29(25,26)17-8-6-16(7-9-17)28(2,23)24/h3-12,21H,13H2,1-2H3. The first-order valence-electron chi connectivity index (χ1n) is 8.45. The summed E-state index contributed by atoms with van der Waals surface area (Å²) in [6.45, 7) is -0.0762. The summed E-state index contributed by atoms with van der Waals surface area (Å²) in [5, 5.41) is 0.